The van der Waals surface area contributed by atoms with Gasteiger partial charge in [0.2, 0.25) is 0 Å². The smallest absolute Gasteiger partial charge is 0.0415 e. The van der Waals surface area contributed by atoms with Crippen LogP contribution in [0.3, 0.4) is 0 Å². The van der Waals surface area contributed by atoms with Crippen molar-refractivity contribution in [2.75, 3.05) is 12.3 Å². The van der Waals surface area contributed by atoms with E-state index in [0.717, 1.165) is 18.7 Å². The molecule has 0 aliphatic rings. The summed E-state index contributed by atoms with van der Waals surface area (Å²) in [5.74, 6) is 1.06. The summed E-state index contributed by atoms with van der Waals surface area (Å²) < 4.78 is 0. The zero-order valence-electron chi connectivity index (χ0n) is 13.2. The van der Waals surface area contributed by atoms with Crippen LogP contribution >= 0.6 is 11.8 Å². The van der Waals surface area contributed by atoms with Gasteiger partial charge in [0.1, 0.15) is 0 Å². The molecule has 0 spiro atoms. The van der Waals surface area contributed by atoms with E-state index in [9.17, 15) is 0 Å². The van der Waals surface area contributed by atoms with E-state index < -0.39 is 0 Å². The van der Waals surface area contributed by atoms with Crippen LogP contribution in [0.15, 0.2) is 53.4 Å². The lowest BCUT2D eigenvalue weighted by Gasteiger charge is -2.19. The molecule has 0 bridgehead atoms. The molecule has 1 unspecified atom stereocenters. The molecule has 2 aromatic carbocycles. The first-order chi connectivity index (χ1) is 10.2. The molecule has 2 rings (SSSR count). The Balaban J connectivity index is 2.04. The molecular weight excluding hydrogens is 274 g/mol. The first-order valence-electron chi connectivity index (χ1n) is 7.68. The highest BCUT2D eigenvalue weighted by molar-refractivity contribution is 7.99. The van der Waals surface area contributed by atoms with Crippen LogP contribution in [0.1, 0.15) is 36.1 Å². The van der Waals surface area contributed by atoms with Gasteiger partial charge in [-0.25, -0.2) is 0 Å². The van der Waals surface area contributed by atoms with Crippen LogP contribution in [0.25, 0.3) is 0 Å². The van der Waals surface area contributed by atoms with E-state index in [1.54, 1.807) is 0 Å². The van der Waals surface area contributed by atoms with Crippen molar-refractivity contribution >= 4 is 11.8 Å². The highest BCUT2D eigenvalue weighted by atomic mass is 32.2. The summed E-state index contributed by atoms with van der Waals surface area (Å²) in [6, 6.07) is 18.1. The fourth-order valence-corrected chi connectivity index (χ4v) is 3.29. The number of hydrogen-bond acceptors (Lipinski definition) is 2. The summed E-state index contributed by atoms with van der Waals surface area (Å²) in [6.07, 6.45) is 1.16. The lowest BCUT2D eigenvalue weighted by molar-refractivity contribution is 0.577. The molecule has 0 aliphatic heterocycles. The second-order valence-corrected chi connectivity index (χ2v) is 6.64. The van der Waals surface area contributed by atoms with Crippen LogP contribution in [-0.4, -0.2) is 12.3 Å². The molecule has 0 saturated heterocycles. The summed E-state index contributed by atoms with van der Waals surface area (Å²) in [5, 5.41) is 3.67. The van der Waals surface area contributed by atoms with Crippen molar-refractivity contribution in [1.82, 2.24) is 5.32 Å². The van der Waals surface area contributed by atoms with Gasteiger partial charge in [-0.2, -0.15) is 0 Å². The Hall–Kier alpha value is -1.25. The molecule has 112 valence electrons. The van der Waals surface area contributed by atoms with Crippen molar-refractivity contribution < 1.29 is 0 Å². The number of benzene rings is 2. The van der Waals surface area contributed by atoms with Crippen LogP contribution < -0.4 is 5.32 Å². The summed E-state index contributed by atoms with van der Waals surface area (Å²) in [4.78, 5) is 1.34. The van der Waals surface area contributed by atoms with Gasteiger partial charge >= 0.3 is 0 Å². The Morgan fingerprint density at radius 2 is 1.76 bits per heavy atom. The lowest BCUT2D eigenvalue weighted by atomic mass is 10.1. The minimum Gasteiger partial charge on any atom is -0.309 e. The fraction of sp³-hybridized carbons (Fsp3) is 0.368. The quantitative estimate of drug-likeness (QED) is 0.711. The molecule has 0 radical (unpaired) electrons. The molecule has 2 aromatic rings. The molecule has 21 heavy (non-hydrogen) atoms. The van der Waals surface area contributed by atoms with Crippen molar-refractivity contribution in [2.24, 2.45) is 0 Å². The van der Waals surface area contributed by atoms with Crippen molar-refractivity contribution in [2.45, 2.75) is 38.1 Å². The fourth-order valence-electron chi connectivity index (χ4n) is 2.29. The Morgan fingerprint density at radius 3 is 2.43 bits per heavy atom. The van der Waals surface area contributed by atoms with Crippen LogP contribution in [0, 0.1) is 13.8 Å². The van der Waals surface area contributed by atoms with Crippen molar-refractivity contribution in [3.8, 4) is 0 Å². The predicted molar refractivity (Wildman–Crippen MR) is 94.1 cm³/mol. The number of rotatable bonds is 7. The highest BCUT2D eigenvalue weighted by Crippen LogP contribution is 2.25. The minimum absolute atomic E-state index is 0.413. The summed E-state index contributed by atoms with van der Waals surface area (Å²) in [7, 11) is 0. The second kappa shape index (κ2) is 8.26. The third kappa shape index (κ3) is 5.22. The van der Waals surface area contributed by atoms with Gasteiger partial charge in [0.15, 0.2) is 0 Å². The maximum absolute atomic E-state index is 3.67. The Bertz CT molecular complexity index is 548. The number of aryl methyl sites for hydroxylation is 2. The molecule has 0 aliphatic carbocycles. The molecule has 0 heterocycles. The molecule has 1 nitrogen and oxygen atoms in total. The molecule has 0 aromatic heterocycles. The van der Waals surface area contributed by atoms with Gasteiger partial charge in [-0.05, 0) is 44.5 Å². The third-order valence-corrected chi connectivity index (χ3v) is 4.63. The Kier molecular flexibility index (Phi) is 6.34. The molecule has 0 amide bonds. The summed E-state index contributed by atoms with van der Waals surface area (Å²) >= 11 is 1.93. The normalized spacial score (nSPS) is 12.3. The van der Waals surface area contributed by atoms with Crippen molar-refractivity contribution in [3.63, 3.8) is 0 Å². The van der Waals surface area contributed by atoms with Gasteiger partial charge in [-0.3, -0.25) is 0 Å². The van der Waals surface area contributed by atoms with E-state index in [1.807, 2.05) is 11.8 Å². The van der Waals surface area contributed by atoms with E-state index in [1.165, 1.54) is 21.6 Å². The van der Waals surface area contributed by atoms with E-state index in [-0.39, 0.29) is 0 Å². The van der Waals surface area contributed by atoms with Crippen molar-refractivity contribution in [3.05, 3.63) is 65.2 Å². The monoisotopic (exact) mass is 299 g/mol. The zero-order chi connectivity index (χ0) is 15.1. The third-order valence-electron chi connectivity index (χ3n) is 3.52. The van der Waals surface area contributed by atoms with Crippen LogP contribution in [0.2, 0.25) is 0 Å². The minimum atomic E-state index is 0.413. The maximum atomic E-state index is 3.67. The van der Waals surface area contributed by atoms with E-state index >= 15 is 0 Å². The average Bonchev–Trinajstić information content (AvgIpc) is 2.49. The van der Waals surface area contributed by atoms with Gasteiger partial charge in [-0.15, -0.1) is 11.8 Å². The molecule has 1 N–H and O–H groups in total. The maximum Gasteiger partial charge on any atom is 0.0415 e. The van der Waals surface area contributed by atoms with E-state index in [0.29, 0.717) is 6.04 Å². The van der Waals surface area contributed by atoms with Gasteiger partial charge in [0.25, 0.3) is 0 Å². The van der Waals surface area contributed by atoms with Crippen LogP contribution in [0.5, 0.6) is 0 Å². The highest BCUT2D eigenvalue weighted by Gasteiger charge is 2.11. The van der Waals surface area contributed by atoms with Gasteiger partial charge in [0.05, 0.1) is 0 Å². The molecule has 0 fully saturated rings. The summed E-state index contributed by atoms with van der Waals surface area (Å²) in [5.41, 5.74) is 4.04. The van der Waals surface area contributed by atoms with Crippen LogP contribution in [0.4, 0.5) is 0 Å². The number of hydrogen-bond donors (Lipinski definition) is 1. The second-order valence-electron chi connectivity index (χ2n) is 5.54. The van der Waals surface area contributed by atoms with E-state index in [2.05, 4.69) is 74.6 Å². The number of nitrogens with one attached hydrogen (secondary N) is 1. The first-order valence-corrected chi connectivity index (χ1v) is 8.67. The topological polar surface area (TPSA) is 12.0 Å². The van der Waals surface area contributed by atoms with Crippen molar-refractivity contribution in [1.29, 1.82) is 0 Å². The molecule has 0 saturated carbocycles. The number of thioether (sulfide) groups is 1. The molecule has 1 atom stereocenters. The average molecular weight is 299 g/mol. The first kappa shape index (κ1) is 16.1. The molecule has 2 heteroatoms. The van der Waals surface area contributed by atoms with Gasteiger partial charge in [-0.1, -0.05) is 54.4 Å². The Morgan fingerprint density at radius 1 is 1.00 bits per heavy atom. The largest absolute Gasteiger partial charge is 0.309 e. The van der Waals surface area contributed by atoms with Gasteiger partial charge in [0, 0.05) is 16.7 Å². The molecular formula is C19H25NS. The van der Waals surface area contributed by atoms with Gasteiger partial charge < -0.3 is 5.32 Å². The predicted octanol–water partition coefficient (Wildman–Crippen LogP) is 5.14. The van der Waals surface area contributed by atoms with Crippen LogP contribution in [-0.2, 0) is 0 Å². The lowest BCUT2D eigenvalue weighted by Crippen LogP contribution is -2.24. The SMILES string of the molecule is CCCNC(CSc1ccc(C)cc1)c1cccc(C)c1. The zero-order valence-corrected chi connectivity index (χ0v) is 14.0. The Labute approximate surface area is 133 Å². The summed E-state index contributed by atoms with van der Waals surface area (Å²) in [6.45, 7) is 7.57. The standard InChI is InChI=1S/C19H25NS/c1-4-12-20-19(17-7-5-6-16(3)13-17)14-21-18-10-8-15(2)9-11-18/h5-11,13,19-20H,4,12,14H2,1-3H3. The van der Waals surface area contributed by atoms with E-state index in [4.69, 9.17) is 0 Å².